The zero-order chi connectivity index (χ0) is 11.4. The van der Waals surface area contributed by atoms with Gasteiger partial charge < -0.3 is 5.11 Å². The Kier molecular flexibility index (Phi) is 5.58. The molecule has 0 spiro atoms. The van der Waals surface area contributed by atoms with E-state index in [4.69, 9.17) is 5.11 Å². The summed E-state index contributed by atoms with van der Waals surface area (Å²) in [5.74, 6) is 0.0590. The first-order valence-corrected chi connectivity index (χ1v) is 6.17. The Balaban J connectivity index is 4.33. The molecule has 0 aromatic heterocycles. The third kappa shape index (κ3) is 5.54. The molecule has 0 aliphatic carbocycles. The highest BCUT2D eigenvalue weighted by Crippen LogP contribution is 2.01. The van der Waals surface area contributed by atoms with Crippen LogP contribution in [-0.2, 0) is 10.2 Å². The van der Waals surface area contributed by atoms with E-state index in [9.17, 15) is 8.42 Å². The van der Waals surface area contributed by atoms with Crippen molar-refractivity contribution in [3.63, 3.8) is 0 Å². The van der Waals surface area contributed by atoms with E-state index in [1.54, 1.807) is 13.8 Å². The molecule has 0 unspecified atom stereocenters. The van der Waals surface area contributed by atoms with E-state index in [-0.39, 0.29) is 18.6 Å². The zero-order valence-electron chi connectivity index (χ0n) is 9.11. The second-order valence-electron chi connectivity index (χ2n) is 3.93. The van der Waals surface area contributed by atoms with E-state index in [0.29, 0.717) is 0 Å². The maximum absolute atomic E-state index is 11.4. The number of aliphatic hydroxyl groups excluding tert-OH is 1. The van der Waals surface area contributed by atoms with Crippen molar-refractivity contribution in [2.24, 2.45) is 5.92 Å². The fourth-order valence-electron chi connectivity index (χ4n) is 0.928. The summed E-state index contributed by atoms with van der Waals surface area (Å²) < 4.78 is 27.5. The van der Waals surface area contributed by atoms with Gasteiger partial charge in [0.1, 0.15) is 0 Å². The SMILES string of the molecule is CC(C)NS(=O)(=O)N[C@H](CO)C(C)C. The van der Waals surface area contributed by atoms with Crippen LogP contribution in [-0.4, -0.2) is 32.2 Å². The molecule has 0 radical (unpaired) electrons. The third-order valence-electron chi connectivity index (χ3n) is 1.70. The number of hydrogen-bond acceptors (Lipinski definition) is 3. The largest absolute Gasteiger partial charge is 0.395 e. The Morgan fingerprint density at radius 2 is 1.64 bits per heavy atom. The van der Waals surface area contributed by atoms with Gasteiger partial charge in [0.2, 0.25) is 0 Å². The monoisotopic (exact) mass is 224 g/mol. The predicted octanol–water partition coefficient (Wildman–Crippen LogP) is -0.164. The van der Waals surface area contributed by atoms with Gasteiger partial charge in [0.05, 0.1) is 6.61 Å². The molecule has 0 aromatic rings. The maximum atomic E-state index is 11.4. The molecule has 6 heteroatoms. The predicted molar refractivity (Wildman–Crippen MR) is 56.0 cm³/mol. The number of nitrogens with one attached hydrogen (secondary N) is 2. The Hall–Kier alpha value is -0.170. The van der Waals surface area contributed by atoms with Crippen molar-refractivity contribution >= 4 is 10.2 Å². The molecule has 0 saturated heterocycles. The van der Waals surface area contributed by atoms with Crippen molar-refractivity contribution < 1.29 is 13.5 Å². The molecule has 0 aliphatic rings. The van der Waals surface area contributed by atoms with Gasteiger partial charge in [0, 0.05) is 12.1 Å². The smallest absolute Gasteiger partial charge is 0.277 e. The molecule has 14 heavy (non-hydrogen) atoms. The second kappa shape index (κ2) is 5.65. The fraction of sp³-hybridized carbons (Fsp3) is 1.00. The Morgan fingerprint density at radius 3 is 1.93 bits per heavy atom. The first kappa shape index (κ1) is 13.8. The first-order chi connectivity index (χ1) is 6.28. The van der Waals surface area contributed by atoms with Gasteiger partial charge in [-0.05, 0) is 19.8 Å². The van der Waals surface area contributed by atoms with E-state index < -0.39 is 16.3 Å². The highest BCUT2D eigenvalue weighted by atomic mass is 32.2. The van der Waals surface area contributed by atoms with Crippen molar-refractivity contribution in [2.75, 3.05) is 6.61 Å². The normalized spacial score (nSPS) is 15.1. The number of aliphatic hydroxyl groups is 1. The lowest BCUT2D eigenvalue weighted by atomic mass is 10.1. The van der Waals surface area contributed by atoms with Gasteiger partial charge in [-0.1, -0.05) is 13.8 Å². The minimum absolute atomic E-state index is 0.0590. The second-order valence-corrected chi connectivity index (χ2v) is 5.41. The molecule has 0 amide bonds. The van der Waals surface area contributed by atoms with Crippen molar-refractivity contribution in [3.8, 4) is 0 Å². The van der Waals surface area contributed by atoms with E-state index in [0.717, 1.165) is 0 Å². The minimum Gasteiger partial charge on any atom is -0.395 e. The topological polar surface area (TPSA) is 78.4 Å². The summed E-state index contributed by atoms with van der Waals surface area (Å²) in [5.41, 5.74) is 0. The summed E-state index contributed by atoms with van der Waals surface area (Å²) in [5, 5.41) is 8.94. The van der Waals surface area contributed by atoms with E-state index >= 15 is 0 Å². The van der Waals surface area contributed by atoms with E-state index in [1.165, 1.54) is 0 Å². The molecule has 0 saturated carbocycles. The standard InChI is InChI=1S/C8H20N2O3S/c1-6(2)8(5-11)10-14(12,13)9-7(3)4/h6-11H,5H2,1-4H3/t8-/m1/s1. The van der Waals surface area contributed by atoms with Crippen LogP contribution in [0.15, 0.2) is 0 Å². The summed E-state index contributed by atoms with van der Waals surface area (Å²) in [4.78, 5) is 0. The summed E-state index contributed by atoms with van der Waals surface area (Å²) >= 11 is 0. The summed E-state index contributed by atoms with van der Waals surface area (Å²) in [7, 11) is -3.50. The van der Waals surface area contributed by atoms with Gasteiger partial charge in [-0.15, -0.1) is 0 Å². The van der Waals surface area contributed by atoms with Crippen LogP contribution in [0.3, 0.4) is 0 Å². The third-order valence-corrected chi connectivity index (χ3v) is 3.09. The highest BCUT2D eigenvalue weighted by molar-refractivity contribution is 7.87. The lowest BCUT2D eigenvalue weighted by Gasteiger charge is -2.20. The van der Waals surface area contributed by atoms with Crippen molar-refractivity contribution in [1.29, 1.82) is 0 Å². The van der Waals surface area contributed by atoms with Crippen LogP contribution in [0.2, 0.25) is 0 Å². The van der Waals surface area contributed by atoms with Crippen LogP contribution in [0, 0.1) is 5.92 Å². The van der Waals surface area contributed by atoms with Gasteiger partial charge in [-0.25, -0.2) is 0 Å². The molecule has 3 N–H and O–H groups in total. The van der Waals surface area contributed by atoms with Gasteiger partial charge in [-0.3, -0.25) is 0 Å². The molecule has 86 valence electrons. The average Bonchev–Trinajstić information content (AvgIpc) is 1.97. The summed E-state index contributed by atoms with van der Waals surface area (Å²) in [6.45, 7) is 6.97. The van der Waals surface area contributed by atoms with Gasteiger partial charge in [-0.2, -0.15) is 17.9 Å². The molecular formula is C8H20N2O3S. The molecule has 0 rings (SSSR count). The molecule has 1 atom stereocenters. The zero-order valence-corrected chi connectivity index (χ0v) is 9.93. The summed E-state index contributed by atoms with van der Waals surface area (Å²) in [6, 6.07) is -0.592. The van der Waals surface area contributed by atoms with Crippen LogP contribution in [0.25, 0.3) is 0 Å². The Labute approximate surface area is 86.1 Å². The number of rotatable bonds is 6. The minimum atomic E-state index is -3.50. The van der Waals surface area contributed by atoms with E-state index in [2.05, 4.69) is 9.44 Å². The Morgan fingerprint density at radius 1 is 1.14 bits per heavy atom. The lowest BCUT2D eigenvalue weighted by molar-refractivity contribution is 0.227. The molecule has 0 heterocycles. The van der Waals surface area contributed by atoms with Crippen molar-refractivity contribution in [3.05, 3.63) is 0 Å². The van der Waals surface area contributed by atoms with Crippen LogP contribution in [0.1, 0.15) is 27.7 Å². The molecule has 0 fully saturated rings. The van der Waals surface area contributed by atoms with Crippen LogP contribution in [0.5, 0.6) is 0 Å². The van der Waals surface area contributed by atoms with Crippen LogP contribution in [0.4, 0.5) is 0 Å². The maximum Gasteiger partial charge on any atom is 0.277 e. The highest BCUT2D eigenvalue weighted by Gasteiger charge is 2.20. The van der Waals surface area contributed by atoms with Gasteiger partial charge in [0.15, 0.2) is 0 Å². The molecule has 5 nitrogen and oxygen atoms in total. The lowest BCUT2D eigenvalue weighted by Crippen LogP contribution is -2.48. The number of hydrogen-bond donors (Lipinski definition) is 3. The van der Waals surface area contributed by atoms with Crippen LogP contribution < -0.4 is 9.44 Å². The van der Waals surface area contributed by atoms with Crippen molar-refractivity contribution in [1.82, 2.24) is 9.44 Å². The molecule has 0 aliphatic heterocycles. The first-order valence-electron chi connectivity index (χ1n) is 4.69. The van der Waals surface area contributed by atoms with Gasteiger partial charge in [0.25, 0.3) is 10.2 Å². The average molecular weight is 224 g/mol. The van der Waals surface area contributed by atoms with Crippen LogP contribution >= 0.6 is 0 Å². The Bertz CT molecular complexity index is 249. The van der Waals surface area contributed by atoms with Crippen molar-refractivity contribution in [2.45, 2.75) is 39.8 Å². The van der Waals surface area contributed by atoms with Gasteiger partial charge >= 0.3 is 0 Å². The molecule has 0 aromatic carbocycles. The molecular weight excluding hydrogens is 204 g/mol. The molecule has 0 bridgehead atoms. The fourth-order valence-corrected chi connectivity index (χ4v) is 2.36. The van der Waals surface area contributed by atoms with E-state index in [1.807, 2.05) is 13.8 Å². The quantitative estimate of drug-likeness (QED) is 0.586. The summed E-state index contributed by atoms with van der Waals surface area (Å²) in [6.07, 6.45) is 0.